The Labute approximate surface area is 323 Å². The van der Waals surface area contributed by atoms with Crippen molar-refractivity contribution in [3.05, 3.63) is 184 Å². The lowest BCUT2D eigenvalue weighted by Crippen LogP contribution is -2.02. The largest absolute Gasteiger partial charge is 0.209 e. The van der Waals surface area contributed by atoms with E-state index in [2.05, 4.69) is 140 Å². The maximum Gasteiger partial charge on any atom is 0.164 e. The lowest BCUT2D eigenvalue weighted by Gasteiger charge is -2.17. The van der Waals surface area contributed by atoms with Gasteiger partial charge in [0.25, 0.3) is 0 Å². The molecule has 0 radical (unpaired) electrons. The molecule has 3 nitrogen and oxygen atoms in total. The molecule has 4 aromatic carbocycles. The molecule has 0 N–H and O–H groups in total. The minimum atomic E-state index is 0.434. The summed E-state index contributed by atoms with van der Waals surface area (Å²) in [6.07, 6.45) is 28.1. The van der Waals surface area contributed by atoms with Crippen molar-refractivity contribution in [1.29, 1.82) is 0 Å². The number of hydrogen-bond acceptors (Lipinski definition) is 4. The van der Waals surface area contributed by atoms with E-state index >= 15 is 0 Å². The Bertz CT molecular complexity index is 2460. The van der Waals surface area contributed by atoms with Gasteiger partial charge in [-0.15, -0.1) is 11.3 Å². The van der Waals surface area contributed by atoms with Gasteiger partial charge in [0.1, 0.15) is 0 Å². The van der Waals surface area contributed by atoms with Gasteiger partial charge in [0.15, 0.2) is 17.5 Å². The third-order valence-electron chi connectivity index (χ3n) is 10.5. The van der Waals surface area contributed by atoms with E-state index in [0.29, 0.717) is 23.4 Å². The highest BCUT2D eigenvalue weighted by Crippen LogP contribution is 2.43. The summed E-state index contributed by atoms with van der Waals surface area (Å²) in [7, 11) is 0. The molecule has 2 aromatic heterocycles. The van der Waals surface area contributed by atoms with Gasteiger partial charge in [0.05, 0.1) is 0 Å². The van der Waals surface area contributed by atoms with Crippen LogP contribution < -0.4 is 0 Å². The van der Waals surface area contributed by atoms with Crippen LogP contribution in [-0.4, -0.2) is 15.0 Å². The molecular formula is C50H45N3S. The molecule has 54 heavy (non-hydrogen) atoms. The summed E-state index contributed by atoms with van der Waals surface area (Å²) in [5.41, 5.74) is 11.3. The van der Waals surface area contributed by atoms with E-state index in [4.69, 9.17) is 15.0 Å². The maximum atomic E-state index is 5.21. The number of benzene rings is 4. The van der Waals surface area contributed by atoms with E-state index in [1.54, 1.807) is 0 Å². The number of fused-ring (bicyclic) bond motifs is 3. The Balaban J connectivity index is 1.15. The summed E-state index contributed by atoms with van der Waals surface area (Å²) < 4.78 is 1.28. The van der Waals surface area contributed by atoms with Crippen LogP contribution in [0.15, 0.2) is 157 Å². The average Bonchev–Trinajstić information content (AvgIpc) is 3.61. The zero-order valence-corrected chi connectivity index (χ0v) is 31.9. The Kier molecular flexibility index (Phi) is 10.8. The molecule has 0 spiro atoms. The van der Waals surface area contributed by atoms with Crippen LogP contribution in [0.5, 0.6) is 0 Å². The molecule has 0 bridgehead atoms. The number of nitrogens with zero attached hydrogens (tertiary/aromatic N) is 3. The van der Waals surface area contributed by atoms with Gasteiger partial charge >= 0.3 is 0 Å². The highest BCUT2D eigenvalue weighted by atomic mass is 32.1. The summed E-state index contributed by atoms with van der Waals surface area (Å²) in [6, 6.07) is 35.0. The lowest BCUT2D eigenvalue weighted by molar-refractivity contribution is 0.800. The first kappa shape index (κ1) is 35.3. The average molecular weight is 720 g/mol. The van der Waals surface area contributed by atoms with Crippen LogP contribution in [0.25, 0.3) is 56.1 Å². The predicted octanol–water partition coefficient (Wildman–Crippen LogP) is 13.6. The van der Waals surface area contributed by atoms with Crippen molar-refractivity contribution < 1.29 is 0 Å². The summed E-state index contributed by atoms with van der Waals surface area (Å²) in [5, 5.41) is 1.24. The zero-order chi connectivity index (χ0) is 36.7. The van der Waals surface area contributed by atoms with Crippen LogP contribution in [0.1, 0.15) is 72.8 Å². The van der Waals surface area contributed by atoms with E-state index in [9.17, 15) is 0 Å². The number of thiophene rings is 1. The molecule has 2 heterocycles. The molecular weight excluding hydrogens is 675 g/mol. The van der Waals surface area contributed by atoms with Gasteiger partial charge in [-0.1, -0.05) is 134 Å². The first-order valence-electron chi connectivity index (χ1n) is 19.2. The standard InChI is InChI=1S/C50H45N3S/c1-3-5-8-26-47-51-49(42-23-14-22-40(33-42)39-29-27-38(28-30-39)37-19-11-7-12-20-37)53-50(52-47)43-24-15-25-46-48(43)44-34-41(31-32-45(44)54-46)36(4-2)21-13-18-35-16-9-6-10-17-35/h3-12,14-17,19,22-30,33-34,37H,13,18,20-21,31-32H2,1-2H3/b5-3-,26-8+,36-4+. The first-order chi connectivity index (χ1) is 26.7. The molecule has 4 heteroatoms. The molecule has 0 saturated heterocycles. The summed E-state index contributed by atoms with van der Waals surface area (Å²) in [5.74, 6) is 2.45. The monoisotopic (exact) mass is 719 g/mol. The molecule has 0 fully saturated rings. The van der Waals surface area contributed by atoms with Crippen LogP contribution in [-0.2, 0) is 12.8 Å². The molecule has 1 atom stereocenters. The SMILES string of the molecule is C/C=C\C=C\c1nc(-c2cccc(-c3ccc(C4C=CC=CC4)cc3)c2)nc(-c2cccc3sc4c(c23)C=C(/C(=C/C)CCCc2ccccc2)CC4)n1. The van der Waals surface area contributed by atoms with Crippen molar-refractivity contribution in [2.24, 2.45) is 0 Å². The van der Waals surface area contributed by atoms with Gasteiger partial charge in [-0.05, 0) is 116 Å². The van der Waals surface area contributed by atoms with Crippen molar-refractivity contribution >= 4 is 33.6 Å². The van der Waals surface area contributed by atoms with Crippen molar-refractivity contribution in [2.45, 2.75) is 58.3 Å². The second-order valence-electron chi connectivity index (χ2n) is 14.0. The summed E-state index contributed by atoms with van der Waals surface area (Å²) >= 11 is 1.91. The van der Waals surface area contributed by atoms with Gasteiger partial charge in [-0.3, -0.25) is 0 Å². The second kappa shape index (κ2) is 16.5. The smallest absolute Gasteiger partial charge is 0.164 e. The van der Waals surface area contributed by atoms with Crippen molar-refractivity contribution in [3.63, 3.8) is 0 Å². The summed E-state index contributed by atoms with van der Waals surface area (Å²) in [4.78, 5) is 16.7. The van der Waals surface area contributed by atoms with Crippen molar-refractivity contribution in [3.8, 4) is 33.9 Å². The zero-order valence-electron chi connectivity index (χ0n) is 31.1. The van der Waals surface area contributed by atoms with Crippen LogP contribution in [0, 0.1) is 0 Å². The minimum Gasteiger partial charge on any atom is -0.209 e. The fourth-order valence-electron chi connectivity index (χ4n) is 7.67. The van der Waals surface area contributed by atoms with Gasteiger partial charge in [0.2, 0.25) is 0 Å². The number of aryl methyl sites for hydroxylation is 2. The Morgan fingerprint density at radius 3 is 2.43 bits per heavy atom. The molecule has 2 aliphatic carbocycles. The van der Waals surface area contributed by atoms with Crippen LogP contribution in [0.2, 0.25) is 0 Å². The third kappa shape index (κ3) is 7.81. The minimum absolute atomic E-state index is 0.434. The Morgan fingerprint density at radius 1 is 0.778 bits per heavy atom. The highest BCUT2D eigenvalue weighted by molar-refractivity contribution is 7.19. The van der Waals surface area contributed by atoms with E-state index < -0.39 is 0 Å². The molecule has 1 unspecified atom stereocenters. The van der Waals surface area contributed by atoms with Crippen LogP contribution in [0.4, 0.5) is 0 Å². The number of allylic oxidation sites excluding steroid dienone is 10. The molecule has 0 aliphatic heterocycles. The van der Waals surface area contributed by atoms with Gasteiger partial charge in [-0.25, -0.2) is 15.0 Å². The quantitative estimate of drug-likeness (QED) is 0.125. The molecule has 0 saturated carbocycles. The van der Waals surface area contributed by atoms with E-state index in [0.717, 1.165) is 55.2 Å². The van der Waals surface area contributed by atoms with E-state index in [1.807, 2.05) is 42.6 Å². The van der Waals surface area contributed by atoms with Crippen molar-refractivity contribution in [1.82, 2.24) is 15.0 Å². The fraction of sp³-hybridized carbons (Fsp3) is 0.180. The van der Waals surface area contributed by atoms with Crippen molar-refractivity contribution in [2.75, 3.05) is 0 Å². The van der Waals surface area contributed by atoms with Gasteiger partial charge < -0.3 is 0 Å². The number of rotatable bonds is 11. The van der Waals surface area contributed by atoms with E-state index in [-0.39, 0.29) is 0 Å². The normalized spacial score (nSPS) is 15.7. The Hall–Kier alpha value is -5.71. The van der Waals surface area contributed by atoms with Crippen LogP contribution >= 0.6 is 11.3 Å². The Morgan fingerprint density at radius 2 is 1.61 bits per heavy atom. The number of aromatic nitrogens is 3. The first-order valence-corrected chi connectivity index (χ1v) is 20.0. The maximum absolute atomic E-state index is 5.21. The molecule has 2 aliphatic rings. The third-order valence-corrected chi connectivity index (χ3v) is 11.7. The second-order valence-corrected chi connectivity index (χ2v) is 15.2. The molecule has 8 rings (SSSR count). The van der Waals surface area contributed by atoms with Crippen LogP contribution in [0.3, 0.4) is 0 Å². The van der Waals surface area contributed by atoms with Gasteiger partial charge in [-0.2, -0.15) is 0 Å². The highest BCUT2D eigenvalue weighted by Gasteiger charge is 2.22. The fourth-order valence-corrected chi connectivity index (χ4v) is 8.88. The molecule has 6 aromatic rings. The van der Waals surface area contributed by atoms with Gasteiger partial charge in [0, 0.05) is 32.0 Å². The summed E-state index contributed by atoms with van der Waals surface area (Å²) in [6.45, 7) is 4.21. The number of hydrogen-bond donors (Lipinski definition) is 0. The van der Waals surface area contributed by atoms with E-state index in [1.165, 1.54) is 48.4 Å². The predicted molar refractivity (Wildman–Crippen MR) is 230 cm³/mol. The lowest BCUT2D eigenvalue weighted by atomic mass is 9.88. The molecule has 0 amide bonds. The topological polar surface area (TPSA) is 38.7 Å². The molecule has 266 valence electrons.